The van der Waals surface area contributed by atoms with Gasteiger partial charge < -0.3 is 20.3 Å². The average molecular weight is 459 g/mol. The highest BCUT2D eigenvalue weighted by Crippen LogP contribution is 2.42. The van der Waals surface area contributed by atoms with Crippen LogP contribution in [0, 0.1) is 6.92 Å². The third-order valence-corrected chi connectivity index (χ3v) is 7.35. The topological polar surface area (TPSA) is 73.4 Å². The summed E-state index contributed by atoms with van der Waals surface area (Å²) in [5.41, 5.74) is 6.98. The molecule has 1 saturated carbocycles. The van der Waals surface area contributed by atoms with Gasteiger partial charge in [0.2, 0.25) is 5.95 Å². The van der Waals surface area contributed by atoms with Crippen LogP contribution < -0.4 is 15.5 Å². The van der Waals surface area contributed by atoms with E-state index in [0.717, 1.165) is 49.1 Å². The molecule has 1 aliphatic carbocycles. The van der Waals surface area contributed by atoms with E-state index in [-0.39, 0.29) is 0 Å². The number of nitrogens with zero attached hydrogens (tertiary/aromatic N) is 4. The van der Waals surface area contributed by atoms with E-state index in [1.807, 2.05) is 13.2 Å². The summed E-state index contributed by atoms with van der Waals surface area (Å²) in [6.07, 6.45) is 7.98. The van der Waals surface area contributed by atoms with Gasteiger partial charge >= 0.3 is 0 Å². The van der Waals surface area contributed by atoms with Gasteiger partial charge in [0.25, 0.3) is 0 Å². The Morgan fingerprint density at radius 1 is 1.09 bits per heavy atom. The van der Waals surface area contributed by atoms with Crippen molar-refractivity contribution in [3.63, 3.8) is 0 Å². The largest absolute Gasteiger partial charge is 0.388 e. The molecule has 0 atom stereocenters. The minimum atomic E-state index is 0.528. The molecule has 7 nitrogen and oxygen atoms in total. The molecule has 2 heterocycles. The third kappa shape index (κ3) is 4.57. The van der Waals surface area contributed by atoms with Crippen molar-refractivity contribution in [2.75, 3.05) is 55.3 Å². The van der Waals surface area contributed by atoms with Gasteiger partial charge in [0, 0.05) is 67.4 Å². The van der Waals surface area contributed by atoms with Crippen LogP contribution in [0.15, 0.2) is 36.5 Å². The van der Waals surface area contributed by atoms with Crippen molar-refractivity contribution in [2.45, 2.75) is 38.5 Å². The van der Waals surface area contributed by atoms with Crippen molar-refractivity contribution < 1.29 is 4.79 Å². The summed E-state index contributed by atoms with van der Waals surface area (Å²) in [6, 6.07) is 10.7. The van der Waals surface area contributed by atoms with Crippen LogP contribution in [0.25, 0.3) is 10.9 Å². The van der Waals surface area contributed by atoms with Gasteiger partial charge in [-0.3, -0.25) is 4.90 Å². The molecule has 1 aliphatic heterocycles. The van der Waals surface area contributed by atoms with Gasteiger partial charge in [-0.1, -0.05) is 12.8 Å². The van der Waals surface area contributed by atoms with E-state index in [0.29, 0.717) is 18.4 Å². The van der Waals surface area contributed by atoms with E-state index in [1.54, 1.807) is 0 Å². The highest BCUT2D eigenvalue weighted by atomic mass is 16.1. The number of hydrogen-bond acceptors (Lipinski definition) is 7. The molecule has 0 spiro atoms. The number of hydrogen-bond donors (Lipinski definition) is 2. The smallest absolute Gasteiger partial charge is 0.227 e. The van der Waals surface area contributed by atoms with Crippen molar-refractivity contribution in [3.05, 3.63) is 47.7 Å². The fourth-order valence-corrected chi connectivity index (χ4v) is 5.45. The second-order valence-corrected chi connectivity index (χ2v) is 9.47. The van der Waals surface area contributed by atoms with Gasteiger partial charge in [-0.15, -0.1) is 0 Å². The Balaban J connectivity index is 1.37. The summed E-state index contributed by atoms with van der Waals surface area (Å²) >= 11 is 0. The Kier molecular flexibility index (Phi) is 6.63. The van der Waals surface area contributed by atoms with E-state index in [9.17, 15) is 4.79 Å². The van der Waals surface area contributed by atoms with Crippen LogP contribution in [-0.2, 0) is 4.79 Å². The standard InChI is InChI=1S/C27H34N6O/c1-19-17-24(28-2)25(20-5-3-4-6-20)26-23(19)18-29-27(31-26)30-21-7-9-22(10-8-21)33-13-11-32(12-14-33)15-16-34/h7-10,16-18,20,28H,3-6,11-15H2,1-2H3,(H,29,30,31). The Hall–Kier alpha value is -3.19. The molecule has 0 bridgehead atoms. The molecular formula is C27H34N6O. The third-order valence-electron chi connectivity index (χ3n) is 7.35. The van der Waals surface area contributed by atoms with Gasteiger partial charge in [0.1, 0.15) is 6.29 Å². The summed E-state index contributed by atoms with van der Waals surface area (Å²) < 4.78 is 0. The zero-order chi connectivity index (χ0) is 23.5. The molecule has 178 valence electrons. The predicted octanol–water partition coefficient (Wildman–Crippen LogP) is 4.70. The summed E-state index contributed by atoms with van der Waals surface area (Å²) in [6.45, 7) is 6.37. The highest BCUT2D eigenvalue weighted by molar-refractivity contribution is 5.90. The fraction of sp³-hybridized carbons (Fsp3) is 0.444. The molecule has 2 N–H and O–H groups in total. The molecule has 2 aromatic carbocycles. The molecule has 34 heavy (non-hydrogen) atoms. The van der Waals surface area contributed by atoms with Crippen LogP contribution in [0.5, 0.6) is 0 Å². The van der Waals surface area contributed by atoms with Crippen molar-refractivity contribution in [1.82, 2.24) is 14.9 Å². The van der Waals surface area contributed by atoms with E-state index >= 15 is 0 Å². The number of carbonyl (C=O) groups excluding carboxylic acids is 1. The van der Waals surface area contributed by atoms with Gasteiger partial charge in [-0.2, -0.15) is 0 Å². The molecule has 3 aromatic rings. The van der Waals surface area contributed by atoms with E-state index in [1.165, 1.54) is 48.2 Å². The summed E-state index contributed by atoms with van der Waals surface area (Å²) in [5.74, 6) is 1.19. The molecule has 0 unspecified atom stereocenters. The lowest BCUT2D eigenvalue weighted by molar-refractivity contribution is -0.108. The number of rotatable bonds is 7. The highest BCUT2D eigenvalue weighted by Gasteiger charge is 2.24. The van der Waals surface area contributed by atoms with Crippen molar-refractivity contribution in [1.29, 1.82) is 0 Å². The first-order valence-corrected chi connectivity index (χ1v) is 12.4. The lowest BCUT2D eigenvalue weighted by Gasteiger charge is -2.35. The number of aldehydes is 1. The van der Waals surface area contributed by atoms with E-state index < -0.39 is 0 Å². The quantitative estimate of drug-likeness (QED) is 0.497. The zero-order valence-corrected chi connectivity index (χ0v) is 20.2. The molecule has 1 saturated heterocycles. The number of carbonyl (C=O) groups is 1. The lowest BCUT2D eigenvalue weighted by Crippen LogP contribution is -2.46. The van der Waals surface area contributed by atoms with Crippen molar-refractivity contribution >= 4 is 40.2 Å². The summed E-state index contributed by atoms with van der Waals surface area (Å²) in [5, 5.41) is 7.97. The maximum absolute atomic E-state index is 10.7. The summed E-state index contributed by atoms with van der Waals surface area (Å²) in [4.78, 5) is 25.0. The van der Waals surface area contributed by atoms with Crippen molar-refractivity contribution in [2.24, 2.45) is 0 Å². The molecule has 5 rings (SSSR count). The van der Waals surface area contributed by atoms with Gasteiger partial charge in [0.15, 0.2) is 0 Å². The van der Waals surface area contributed by atoms with Gasteiger partial charge in [0.05, 0.1) is 12.1 Å². The van der Waals surface area contributed by atoms with Crippen molar-refractivity contribution in [3.8, 4) is 0 Å². The maximum atomic E-state index is 10.7. The molecule has 1 aromatic heterocycles. The Labute approximate surface area is 201 Å². The Morgan fingerprint density at radius 2 is 1.82 bits per heavy atom. The van der Waals surface area contributed by atoms with Gasteiger partial charge in [-0.05, 0) is 61.6 Å². The minimum absolute atomic E-state index is 0.528. The first-order chi connectivity index (χ1) is 16.7. The molecule has 7 heteroatoms. The lowest BCUT2D eigenvalue weighted by atomic mass is 9.91. The van der Waals surface area contributed by atoms with Crippen LogP contribution in [0.2, 0.25) is 0 Å². The monoisotopic (exact) mass is 458 g/mol. The second kappa shape index (κ2) is 9.97. The first-order valence-electron chi connectivity index (χ1n) is 12.4. The number of anilines is 4. The number of aromatic nitrogens is 2. The minimum Gasteiger partial charge on any atom is -0.388 e. The Bertz CT molecular complexity index is 1150. The fourth-order valence-electron chi connectivity index (χ4n) is 5.45. The molecule has 0 radical (unpaired) electrons. The van der Waals surface area contributed by atoms with Crippen LogP contribution in [0.1, 0.15) is 42.7 Å². The predicted molar refractivity (Wildman–Crippen MR) is 139 cm³/mol. The van der Waals surface area contributed by atoms with Crippen LogP contribution in [-0.4, -0.2) is 60.9 Å². The number of piperazine rings is 1. The summed E-state index contributed by atoms with van der Waals surface area (Å²) in [7, 11) is 2.00. The van der Waals surface area contributed by atoms with E-state index in [2.05, 4.69) is 62.7 Å². The molecule has 2 fully saturated rings. The first kappa shape index (κ1) is 22.6. The maximum Gasteiger partial charge on any atom is 0.227 e. The van der Waals surface area contributed by atoms with Crippen LogP contribution in [0.4, 0.5) is 23.0 Å². The molecular weight excluding hydrogens is 424 g/mol. The number of aryl methyl sites for hydroxylation is 1. The van der Waals surface area contributed by atoms with E-state index in [4.69, 9.17) is 4.98 Å². The zero-order valence-electron chi connectivity index (χ0n) is 20.2. The Morgan fingerprint density at radius 3 is 2.50 bits per heavy atom. The average Bonchev–Trinajstić information content (AvgIpc) is 3.39. The molecule has 2 aliphatic rings. The SMILES string of the molecule is CNc1cc(C)c2cnc(Nc3ccc(N4CCN(CC=O)CC4)cc3)nc2c1C1CCCC1. The number of benzene rings is 2. The number of nitrogens with one attached hydrogen (secondary N) is 2. The normalized spacial score (nSPS) is 17.3. The van der Waals surface area contributed by atoms with Crippen LogP contribution in [0.3, 0.4) is 0 Å². The molecule has 0 amide bonds. The van der Waals surface area contributed by atoms with Crippen LogP contribution >= 0.6 is 0 Å². The van der Waals surface area contributed by atoms with Gasteiger partial charge in [-0.25, -0.2) is 9.97 Å². The second-order valence-electron chi connectivity index (χ2n) is 9.47. The number of fused-ring (bicyclic) bond motifs is 1.